The summed E-state index contributed by atoms with van der Waals surface area (Å²) < 4.78 is 5.90. The van der Waals surface area contributed by atoms with Gasteiger partial charge in [0.1, 0.15) is 0 Å². The molecule has 1 atom stereocenters. The van der Waals surface area contributed by atoms with E-state index in [0.29, 0.717) is 0 Å². The summed E-state index contributed by atoms with van der Waals surface area (Å²) in [5, 5.41) is 0. The van der Waals surface area contributed by atoms with Crippen LogP contribution in [0.5, 0.6) is 0 Å². The van der Waals surface area contributed by atoms with Gasteiger partial charge in [0, 0.05) is 6.61 Å². The fourth-order valence-corrected chi connectivity index (χ4v) is 5.50. The first kappa shape index (κ1) is 16.2. The highest BCUT2D eigenvalue weighted by atomic mass is 28.3. The summed E-state index contributed by atoms with van der Waals surface area (Å²) in [5.74, 6) is 0. The van der Waals surface area contributed by atoms with Crippen molar-refractivity contribution in [1.82, 2.24) is 0 Å². The van der Waals surface area contributed by atoms with E-state index in [1.54, 1.807) is 0 Å². The molecule has 0 spiro atoms. The molecule has 0 aromatic rings. The van der Waals surface area contributed by atoms with Gasteiger partial charge in [0.05, 0.1) is 0 Å². The van der Waals surface area contributed by atoms with Gasteiger partial charge in [0.15, 0.2) is 9.04 Å². The van der Waals surface area contributed by atoms with Crippen molar-refractivity contribution < 1.29 is 4.43 Å². The lowest BCUT2D eigenvalue weighted by atomic mass is 10.1. The molecule has 0 aromatic carbocycles. The number of hydrogen-bond donors (Lipinski definition) is 0. The molecule has 1 unspecified atom stereocenters. The van der Waals surface area contributed by atoms with Crippen LogP contribution in [0.25, 0.3) is 0 Å². The molecule has 0 bridgehead atoms. The maximum Gasteiger partial charge on any atom is 0.176 e. The van der Waals surface area contributed by atoms with Crippen LogP contribution in [0.1, 0.15) is 84.0 Å². The third kappa shape index (κ3) is 9.15. The SMILES string of the molecule is CCCCCCCCCCCC[SiH]1CCCCO1. The minimum atomic E-state index is -0.704. The van der Waals surface area contributed by atoms with Crippen LogP contribution in [-0.4, -0.2) is 15.6 Å². The Morgan fingerprint density at radius 3 is 1.94 bits per heavy atom. The summed E-state index contributed by atoms with van der Waals surface area (Å²) in [6.07, 6.45) is 17.3. The molecule has 0 saturated carbocycles. The molecular weight excluding hydrogens is 236 g/mol. The minimum Gasteiger partial charge on any atom is -0.420 e. The molecule has 0 radical (unpaired) electrons. The zero-order chi connectivity index (χ0) is 12.9. The molecule has 1 aliphatic rings. The molecule has 2 heteroatoms. The maximum absolute atomic E-state index is 5.90. The van der Waals surface area contributed by atoms with Crippen molar-refractivity contribution in [2.24, 2.45) is 0 Å². The van der Waals surface area contributed by atoms with Crippen molar-refractivity contribution >= 4 is 9.04 Å². The van der Waals surface area contributed by atoms with E-state index < -0.39 is 9.04 Å². The van der Waals surface area contributed by atoms with Crippen LogP contribution in [0.2, 0.25) is 12.1 Å². The van der Waals surface area contributed by atoms with Gasteiger partial charge in [-0.15, -0.1) is 0 Å². The largest absolute Gasteiger partial charge is 0.420 e. The summed E-state index contributed by atoms with van der Waals surface area (Å²) in [6.45, 7) is 3.37. The molecule has 0 N–H and O–H groups in total. The maximum atomic E-state index is 5.90. The lowest BCUT2D eigenvalue weighted by Gasteiger charge is -2.20. The third-order valence-electron chi connectivity index (χ3n) is 4.15. The highest BCUT2D eigenvalue weighted by molar-refractivity contribution is 6.51. The normalized spacial score (nSPS) is 20.2. The van der Waals surface area contributed by atoms with Gasteiger partial charge in [-0.1, -0.05) is 77.6 Å². The van der Waals surface area contributed by atoms with Crippen molar-refractivity contribution in [1.29, 1.82) is 0 Å². The predicted octanol–water partition coefficient (Wildman–Crippen LogP) is 5.44. The van der Waals surface area contributed by atoms with Crippen molar-refractivity contribution in [3.05, 3.63) is 0 Å². The van der Waals surface area contributed by atoms with Crippen molar-refractivity contribution in [2.45, 2.75) is 96.1 Å². The topological polar surface area (TPSA) is 9.23 Å². The van der Waals surface area contributed by atoms with Gasteiger partial charge in [0.2, 0.25) is 0 Å². The second-order valence-corrected chi connectivity index (χ2v) is 8.69. The third-order valence-corrected chi connectivity index (χ3v) is 6.97. The van der Waals surface area contributed by atoms with E-state index in [2.05, 4.69) is 6.92 Å². The lowest BCUT2D eigenvalue weighted by Crippen LogP contribution is -2.22. The first-order valence-corrected chi connectivity index (χ1v) is 10.7. The van der Waals surface area contributed by atoms with Crippen molar-refractivity contribution in [3.8, 4) is 0 Å². The molecule has 1 saturated heterocycles. The van der Waals surface area contributed by atoms with Gasteiger partial charge in [-0.2, -0.15) is 0 Å². The summed E-state index contributed by atoms with van der Waals surface area (Å²) in [4.78, 5) is 0. The summed E-state index contributed by atoms with van der Waals surface area (Å²) in [6, 6.07) is 2.91. The average molecular weight is 271 g/mol. The Labute approximate surface area is 116 Å². The Morgan fingerprint density at radius 1 is 0.778 bits per heavy atom. The smallest absolute Gasteiger partial charge is 0.176 e. The molecule has 1 aliphatic heterocycles. The molecule has 1 heterocycles. The van der Waals surface area contributed by atoms with Gasteiger partial charge in [-0.25, -0.2) is 0 Å². The molecule has 1 nitrogen and oxygen atoms in total. The van der Waals surface area contributed by atoms with E-state index in [0.717, 1.165) is 6.61 Å². The molecule has 18 heavy (non-hydrogen) atoms. The number of hydrogen-bond acceptors (Lipinski definition) is 1. The molecule has 1 fully saturated rings. The zero-order valence-corrected chi connectivity index (χ0v) is 13.7. The summed E-state index contributed by atoms with van der Waals surface area (Å²) in [5.41, 5.74) is 0. The predicted molar refractivity (Wildman–Crippen MR) is 83.8 cm³/mol. The number of unbranched alkanes of at least 4 members (excludes halogenated alkanes) is 9. The minimum absolute atomic E-state index is 0.704. The Balaban J connectivity index is 1.73. The van der Waals surface area contributed by atoms with E-state index in [-0.39, 0.29) is 0 Å². The summed E-state index contributed by atoms with van der Waals surface area (Å²) in [7, 11) is -0.704. The van der Waals surface area contributed by atoms with Crippen LogP contribution in [0.4, 0.5) is 0 Å². The standard InChI is InChI=1S/C16H34OSi/c1-2-3-4-5-6-7-8-9-10-12-15-18-16-13-11-14-17-18/h18H,2-16H2,1H3. The molecule has 1 rings (SSSR count). The second kappa shape index (κ2) is 12.2. The zero-order valence-electron chi connectivity index (χ0n) is 12.6. The molecule has 0 aromatic heterocycles. The van der Waals surface area contributed by atoms with Crippen LogP contribution in [0.15, 0.2) is 0 Å². The van der Waals surface area contributed by atoms with Crippen LogP contribution in [0, 0.1) is 0 Å². The van der Waals surface area contributed by atoms with Crippen molar-refractivity contribution in [2.75, 3.05) is 6.61 Å². The first-order valence-electron chi connectivity index (χ1n) is 8.55. The van der Waals surface area contributed by atoms with Gasteiger partial charge >= 0.3 is 0 Å². The van der Waals surface area contributed by atoms with E-state index in [1.807, 2.05) is 0 Å². The van der Waals surface area contributed by atoms with Crippen LogP contribution in [0.3, 0.4) is 0 Å². The molecule has 0 aliphatic carbocycles. The quantitative estimate of drug-likeness (QED) is 0.359. The van der Waals surface area contributed by atoms with Crippen LogP contribution in [-0.2, 0) is 4.43 Å². The van der Waals surface area contributed by atoms with E-state index in [9.17, 15) is 0 Å². The van der Waals surface area contributed by atoms with Gasteiger partial charge < -0.3 is 4.43 Å². The molecular formula is C16H34OSi. The average Bonchev–Trinajstić information content (AvgIpc) is 2.42. The fraction of sp³-hybridized carbons (Fsp3) is 1.00. The highest BCUT2D eigenvalue weighted by Crippen LogP contribution is 2.18. The van der Waals surface area contributed by atoms with Crippen molar-refractivity contribution in [3.63, 3.8) is 0 Å². The Bertz CT molecular complexity index is 166. The monoisotopic (exact) mass is 270 g/mol. The highest BCUT2D eigenvalue weighted by Gasteiger charge is 2.14. The van der Waals surface area contributed by atoms with Gasteiger partial charge in [0.25, 0.3) is 0 Å². The van der Waals surface area contributed by atoms with Crippen LogP contribution < -0.4 is 0 Å². The summed E-state index contributed by atoms with van der Waals surface area (Å²) >= 11 is 0. The Hall–Kier alpha value is 0.177. The lowest BCUT2D eigenvalue weighted by molar-refractivity contribution is 0.285. The van der Waals surface area contributed by atoms with Gasteiger partial charge in [-0.3, -0.25) is 0 Å². The first-order chi connectivity index (χ1) is 8.93. The molecule has 0 amide bonds. The number of rotatable bonds is 11. The fourth-order valence-electron chi connectivity index (χ4n) is 2.89. The van der Waals surface area contributed by atoms with Crippen LogP contribution >= 0.6 is 0 Å². The Morgan fingerprint density at radius 2 is 1.39 bits per heavy atom. The molecule has 108 valence electrons. The Kier molecular flexibility index (Phi) is 11.0. The van der Waals surface area contributed by atoms with E-state index in [4.69, 9.17) is 4.43 Å². The van der Waals surface area contributed by atoms with E-state index >= 15 is 0 Å². The second-order valence-electron chi connectivity index (χ2n) is 5.96. The van der Waals surface area contributed by atoms with Gasteiger partial charge in [-0.05, 0) is 18.5 Å². The van der Waals surface area contributed by atoms with E-state index in [1.165, 1.54) is 89.1 Å².